The average Bonchev–Trinajstić information content (AvgIpc) is 2.89. The zero-order chi connectivity index (χ0) is 19.4. The number of thiol groups is 1. The number of rotatable bonds is 5. The first-order valence-corrected chi connectivity index (χ1v) is 8.57. The Morgan fingerprint density at radius 2 is 2.04 bits per heavy atom. The van der Waals surface area contributed by atoms with E-state index in [1.807, 2.05) is 24.3 Å². The van der Waals surface area contributed by atoms with Gasteiger partial charge >= 0.3 is 0 Å². The van der Waals surface area contributed by atoms with E-state index in [1.54, 1.807) is 30.1 Å². The predicted octanol–water partition coefficient (Wildman–Crippen LogP) is 3.07. The molecule has 3 N–H and O–H groups in total. The molecule has 1 heterocycles. The van der Waals surface area contributed by atoms with Crippen LogP contribution in [0.5, 0.6) is 11.5 Å². The molecule has 0 bridgehead atoms. The number of amides is 1. The van der Waals surface area contributed by atoms with Crippen molar-refractivity contribution in [2.45, 2.75) is 0 Å². The fraction of sp³-hybridized carbons (Fsp3) is 0.158. The second-order valence-electron chi connectivity index (χ2n) is 5.82. The predicted molar refractivity (Wildman–Crippen MR) is 109 cm³/mol. The van der Waals surface area contributed by atoms with Crippen LogP contribution in [0.3, 0.4) is 0 Å². The first kappa shape index (κ1) is 18.7. The number of benzene rings is 2. The van der Waals surface area contributed by atoms with E-state index in [0.29, 0.717) is 34.1 Å². The highest BCUT2D eigenvalue weighted by molar-refractivity contribution is 7.75. The van der Waals surface area contributed by atoms with Crippen LogP contribution in [0.25, 0.3) is 0 Å². The molecule has 0 saturated carbocycles. The van der Waals surface area contributed by atoms with E-state index in [1.165, 1.54) is 13.3 Å². The highest BCUT2D eigenvalue weighted by Crippen LogP contribution is 2.33. The van der Waals surface area contributed by atoms with Crippen LogP contribution in [0.2, 0.25) is 0 Å². The Morgan fingerprint density at radius 1 is 1.30 bits per heavy atom. The fourth-order valence-electron chi connectivity index (χ4n) is 2.91. The highest BCUT2D eigenvalue weighted by atomic mass is 32.1. The molecule has 7 nitrogen and oxygen atoms in total. The van der Waals surface area contributed by atoms with E-state index in [4.69, 9.17) is 14.3 Å². The molecule has 27 heavy (non-hydrogen) atoms. The molecule has 1 amide bonds. The van der Waals surface area contributed by atoms with Crippen molar-refractivity contribution in [3.05, 3.63) is 59.4 Å². The van der Waals surface area contributed by atoms with Crippen LogP contribution in [0.15, 0.2) is 53.9 Å². The Balaban J connectivity index is 2.10. The summed E-state index contributed by atoms with van der Waals surface area (Å²) >= 11 is 3.82. The highest BCUT2D eigenvalue weighted by Gasteiger charge is 2.26. The van der Waals surface area contributed by atoms with Crippen molar-refractivity contribution in [2.24, 2.45) is 0 Å². The van der Waals surface area contributed by atoms with E-state index >= 15 is 0 Å². The number of nitrogens with one attached hydrogen (secondary N) is 3. The van der Waals surface area contributed by atoms with E-state index in [2.05, 4.69) is 23.5 Å². The number of hydrogen-bond acceptors (Lipinski definition) is 7. The van der Waals surface area contributed by atoms with Crippen molar-refractivity contribution in [3.8, 4) is 11.5 Å². The molecule has 140 valence electrons. The fourth-order valence-corrected chi connectivity index (χ4v) is 3.01. The van der Waals surface area contributed by atoms with Gasteiger partial charge in [-0.15, -0.1) is 0 Å². The van der Waals surface area contributed by atoms with Crippen molar-refractivity contribution in [1.82, 2.24) is 5.32 Å². The van der Waals surface area contributed by atoms with E-state index in [9.17, 15) is 4.79 Å². The Hall–Kier alpha value is -3.13. The molecule has 0 saturated heterocycles. The maximum Gasteiger partial charge on any atom is 0.258 e. The lowest BCUT2D eigenvalue weighted by Gasteiger charge is -2.23. The molecule has 0 aromatic heterocycles. The number of anilines is 2. The lowest BCUT2D eigenvalue weighted by Crippen LogP contribution is -2.33. The van der Waals surface area contributed by atoms with Crippen LogP contribution in [-0.4, -0.2) is 32.8 Å². The second kappa shape index (κ2) is 8.05. The van der Waals surface area contributed by atoms with Crippen LogP contribution >= 0.6 is 12.9 Å². The standard InChI is InChI=1S/C19H20N4O3S/c1-21-18-13(10-20)11-23(17-6-4-3-5-16(17)22-18)19(24)12-7-14(25-2)9-15(8-12)26-27/h3-10,20-22,27H,11H2,1-2H3. The normalized spacial score (nSPS) is 13.2. The quantitative estimate of drug-likeness (QED) is 0.362. The topological polar surface area (TPSA) is 86.7 Å². The number of ether oxygens (including phenoxy) is 1. The van der Waals surface area contributed by atoms with Crippen LogP contribution in [0, 0.1) is 5.41 Å². The molecular weight excluding hydrogens is 364 g/mol. The number of para-hydroxylation sites is 2. The van der Waals surface area contributed by atoms with Gasteiger partial charge in [0.15, 0.2) is 0 Å². The van der Waals surface area contributed by atoms with Crippen molar-refractivity contribution in [1.29, 1.82) is 5.41 Å². The molecular formula is C19H20N4O3S. The summed E-state index contributed by atoms with van der Waals surface area (Å²) in [5, 5.41) is 14.1. The Labute approximate surface area is 163 Å². The third-order valence-corrected chi connectivity index (χ3v) is 4.45. The molecule has 0 aliphatic carbocycles. The second-order valence-corrected chi connectivity index (χ2v) is 6.00. The molecule has 1 aliphatic heterocycles. The zero-order valence-electron chi connectivity index (χ0n) is 14.9. The molecule has 2 aromatic carbocycles. The van der Waals surface area contributed by atoms with Crippen molar-refractivity contribution < 1.29 is 13.7 Å². The molecule has 0 radical (unpaired) electrons. The van der Waals surface area contributed by atoms with Crippen LogP contribution in [0.4, 0.5) is 11.4 Å². The van der Waals surface area contributed by atoms with E-state index in [0.717, 1.165) is 5.69 Å². The summed E-state index contributed by atoms with van der Waals surface area (Å²) in [7, 11) is 3.29. The van der Waals surface area contributed by atoms with Gasteiger partial charge in [0.05, 0.1) is 25.0 Å². The largest absolute Gasteiger partial charge is 0.497 e. The van der Waals surface area contributed by atoms with Gasteiger partial charge in [0, 0.05) is 43.4 Å². The molecule has 0 unspecified atom stereocenters. The SMILES string of the molecule is CNC1=C(C=N)CN(C(=O)c2cc(OC)cc(OS)c2)c2ccccc2N1. The molecule has 1 aliphatic rings. The summed E-state index contributed by atoms with van der Waals surface area (Å²) in [6, 6.07) is 12.4. The Morgan fingerprint density at radius 3 is 2.70 bits per heavy atom. The third kappa shape index (κ3) is 3.70. The number of fused-ring (bicyclic) bond motifs is 1. The van der Waals surface area contributed by atoms with Crippen molar-refractivity contribution >= 4 is 36.4 Å². The van der Waals surface area contributed by atoms with Crippen LogP contribution < -0.4 is 24.5 Å². The average molecular weight is 384 g/mol. The summed E-state index contributed by atoms with van der Waals surface area (Å²) in [4.78, 5) is 15.0. The first-order valence-electron chi connectivity index (χ1n) is 8.21. The molecule has 2 aromatic rings. The molecule has 0 fully saturated rings. The maximum atomic E-state index is 13.4. The number of carbonyl (C=O) groups excluding carboxylic acids is 1. The summed E-state index contributed by atoms with van der Waals surface area (Å²) in [6.07, 6.45) is 1.23. The van der Waals surface area contributed by atoms with Gasteiger partial charge in [-0.2, -0.15) is 0 Å². The minimum Gasteiger partial charge on any atom is -0.497 e. The van der Waals surface area contributed by atoms with Crippen molar-refractivity contribution in [2.75, 3.05) is 30.9 Å². The minimum atomic E-state index is -0.244. The van der Waals surface area contributed by atoms with Crippen molar-refractivity contribution in [3.63, 3.8) is 0 Å². The van der Waals surface area contributed by atoms with Gasteiger partial charge in [-0.05, 0) is 24.3 Å². The maximum absolute atomic E-state index is 13.4. The summed E-state index contributed by atoms with van der Waals surface area (Å²) in [6.45, 7) is 0.233. The van der Waals surface area contributed by atoms with Gasteiger partial charge in [-0.1, -0.05) is 12.1 Å². The lowest BCUT2D eigenvalue weighted by atomic mass is 10.1. The summed E-state index contributed by atoms with van der Waals surface area (Å²) in [5.41, 5.74) is 2.52. The summed E-state index contributed by atoms with van der Waals surface area (Å²) < 4.78 is 10.2. The number of hydrogen-bond donors (Lipinski definition) is 4. The Kier molecular flexibility index (Phi) is 5.56. The Bertz CT molecular complexity index is 891. The first-order chi connectivity index (χ1) is 13.1. The minimum absolute atomic E-state index is 0.233. The van der Waals surface area contributed by atoms with E-state index in [-0.39, 0.29) is 12.5 Å². The van der Waals surface area contributed by atoms with Crippen LogP contribution in [0.1, 0.15) is 10.4 Å². The lowest BCUT2D eigenvalue weighted by molar-refractivity contribution is 0.0989. The molecule has 0 spiro atoms. The van der Waals surface area contributed by atoms with Gasteiger partial charge < -0.3 is 29.9 Å². The number of methoxy groups -OCH3 is 1. The van der Waals surface area contributed by atoms with Crippen LogP contribution in [-0.2, 0) is 0 Å². The number of carbonyl (C=O) groups is 1. The monoisotopic (exact) mass is 384 g/mol. The molecule has 0 atom stereocenters. The molecule has 3 rings (SSSR count). The smallest absolute Gasteiger partial charge is 0.258 e. The van der Waals surface area contributed by atoms with Gasteiger partial charge in [0.25, 0.3) is 5.91 Å². The van der Waals surface area contributed by atoms with Gasteiger partial charge in [-0.25, -0.2) is 0 Å². The van der Waals surface area contributed by atoms with E-state index < -0.39 is 0 Å². The third-order valence-electron chi connectivity index (χ3n) is 4.24. The molecule has 8 heteroatoms. The summed E-state index contributed by atoms with van der Waals surface area (Å²) in [5.74, 6) is 1.33. The van der Waals surface area contributed by atoms with Gasteiger partial charge in [-0.3, -0.25) is 4.79 Å². The van der Waals surface area contributed by atoms with Gasteiger partial charge in [0.1, 0.15) is 17.3 Å². The number of nitrogens with zero attached hydrogens (tertiary/aromatic N) is 1. The zero-order valence-corrected chi connectivity index (χ0v) is 15.8. The van der Waals surface area contributed by atoms with Gasteiger partial charge in [0.2, 0.25) is 0 Å².